The van der Waals surface area contributed by atoms with E-state index in [9.17, 15) is 4.79 Å². The normalized spacial score (nSPS) is 10.3. The van der Waals surface area contributed by atoms with Gasteiger partial charge in [0, 0.05) is 24.1 Å². The number of methoxy groups -OCH3 is 1. The first-order chi connectivity index (χ1) is 11.3. The summed E-state index contributed by atoms with van der Waals surface area (Å²) in [7, 11) is 1.60. The molecule has 0 N–H and O–H groups in total. The number of hydrogen-bond donors (Lipinski definition) is 0. The molecule has 0 bridgehead atoms. The minimum Gasteiger partial charge on any atom is -0.497 e. The molecule has 116 valence electrons. The number of benzene rings is 1. The van der Waals surface area contributed by atoms with E-state index in [4.69, 9.17) is 9.15 Å². The Hall–Kier alpha value is -3.08. The second-order valence-electron chi connectivity index (χ2n) is 4.93. The standard InChI is InChI=1S/C18H16N2O3/c1-22-16-7-2-6-15(11-16)20(13-14-5-3-9-19-12-14)18(21)17-8-4-10-23-17/h2-12H,13H2,1H3. The maximum absolute atomic E-state index is 12.8. The molecule has 0 aliphatic carbocycles. The van der Waals surface area contributed by atoms with Crippen LogP contribution in [0.15, 0.2) is 71.6 Å². The van der Waals surface area contributed by atoms with Crippen molar-refractivity contribution in [3.05, 3.63) is 78.5 Å². The third-order valence-electron chi connectivity index (χ3n) is 3.41. The molecule has 1 aromatic carbocycles. The van der Waals surface area contributed by atoms with Crippen LogP contribution in [-0.2, 0) is 6.54 Å². The van der Waals surface area contributed by atoms with Crippen LogP contribution in [0.3, 0.4) is 0 Å². The molecule has 3 aromatic rings. The Labute approximate surface area is 134 Å². The van der Waals surface area contributed by atoms with Gasteiger partial charge < -0.3 is 14.1 Å². The van der Waals surface area contributed by atoms with Crippen molar-refractivity contribution >= 4 is 11.6 Å². The van der Waals surface area contributed by atoms with Crippen molar-refractivity contribution in [2.24, 2.45) is 0 Å². The SMILES string of the molecule is COc1cccc(N(Cc2cccnc2)C(=O)c2ccco2)c1. The van der Waals surface area contributed by atoms with Crippen LogP contribution in [0.4, 0.5) is 5.69 Å². The van der Waals surface area contributed by atoms with E-state index in [-0.39, 0.29) is 11.7 Å². The lowest BCUT2D eigenvalue weighted by Crippen LogP contribution is -2.30. The molecule has 23 heavy (non-hydrogen) atoms. The minimum atomic E-state index is -0.216. The van der Waals surface area contributed by atoms with Crippen LogP contribution < -0.4 is 9.64 Å². The number of carbonyl (C=O) groups is 1. The van der Waals surface area contributed by atoms with Crippen LogP contribution >= 0.6 is 0 Å². The van der Waals surface area contributed by atoms with Crippen molar-refractivity contribution in [3.63, 3.8) is 0 Å². The Kier molecular flexibility index (Phi) is 4.38. The molecule has 0 saturated heterocycles. The summed E-state index contributed by atoms with van der Waals surface area (Å²) in [5.41, 5.74) is 1.66. The predicted molar refractivity (Wildman–Crippen MR) is 86.5 cm³/mol. The number of carbonyl (C=O) groups excluding carboxylic acids is 1. The van der Waals surface area contributed by atoms with Crippen molar-refractivity contribution in [1.29, 1.82) is 0 Å². The van der Waals surface area contributed by atoms with Gasteiger partial charge in [-0.1, -0.05) is 12.1 Å². The van der Waals surface area contributed by atoms with Gasteiger partial charge in [0.1, 0.15) is 5.75 Å². The number of pyridine rings is 1. The lowest BCUT2D eigenvalue weighted by atomic mass is 10.2. The van der Waals surface area contributed by atoms with Gasteiger partial charge in [-0.25, -0.2) is 0 Å². The monoisotopic (exact) mass is 308 g/mol. The van der Waals surface area contributed by atoms with Gasteiger partial charge in [-0.15, -0.1) is 0 Å². The second kappa shape index (κ2) is 6.79. The fraction of sp³-hybridized carbons (Fsp3) is 0.111. The molecule has 2 aromatic heterocycles. The second-order valence-corrected chi connectivity index (χ2v) is 4.93. The highest BCUT2D eigenvalue weighted by molar-refractivity contribution is 6.04. The molecule has 0 spiro atoms. The van der Waals surface area contributed by atoms with Crippen LogP contribution in [0.1, 0.15) is 16.1 Å². The fourth-order valence-electron chi connectivity index (χ4n) is 2.27. The maximum Gasteiger partial charge on any atom is 0.294 e. The predicted octanol–water partition coefficient (Wildman–Crippen LogP) is 3.53. The summed E-state index contributed by atoms with van der Waals surface area (Å²) in [6, 6.07) is 14.5. The Morgan fingerprint density at radius 1 is 1.22 bits per heavy atom. The van der Waals surface area contributed by atoms with Crippen LogP contribution in [-0.4, -0.2) is 18.0 Å². The van der Waals surface area contributed by atoms with E-state index < -0.39 is 0 Å². The van der Waals surface area contributed by atoms with Crippen molar-refractivity contribution < 1.29 is 13.9 Å². The van der Waals surface area contributed by atoms with Gasteiger partial charge in [-0.3, -0.25) is 9.78 Å². The minimum absolute atomic E-state index is 0.216. The molecule has 0 radical (unpaired) electrons. The quantitative estimate of drug-likeness (QED) is 0.723. The lowest BCUT2D eigenvalue weighted by molar-refractivity contribution is 0.0958. The number of amides is 1. The summed E-state index contributed by atoms with van der Waals surface area (Å²) in [6.07, 6.45) is 4.93. The van der Waals surface area contributed by atoms with E-state index >= 15 is 0 Å². The van der Waals surface area contributed by atoms with Gasteiger partial charge in [0.25, 0.3) is 5.91 Å². The van der Waals surface area contributed by atoms with Crippen molar-refractivity contribution in [2.45, 2.75) is 6.54 Å². The molecule has 0 fully saturated rings. The van der Waals surface area contributed by atoms with Gasteiger partial charge in [-0.2, -0.15) is 0 Å². The highest BCUT2D eigenvalue weighted by Gasteiger charge is 2.21. The Morgan fingerprint density at radius 2 is 2.13 bits per heavy atom. The maximum atomic E-state index is 12.8. The molecule has 3 rings (SSSR count). The number of rotatable bonds is 5. The average molecular weight is 308 g/mol. The summed E-state index contributed by atoms with van der Waals surface area (Å²) in [5, 5.41) is 0. The largest absolute Gasteiger partial charge is 0.497 e. The van der Waals surface area contributed by atoms with E-state index in [1.165, 1.54) is 6.26 Å². The van der Waals surface area contributed by atoms with E-state index in [0.29, 0.717) is 12.3 Å². The summed E-state index contributed by atoms with van der Waals surface area (Å²) in [4.78, 5) is 18.5. The van der Waals surface area contributed by atoms with Crippen LogP contribution in [0, 0.1) is 0 Å². The summed E-state index contributed by atoms with van der Waals surface area (Å²) in [5.74, 6) is 0.759. The first kappa shape index (κ1) is 14.8. The first-order valence-corrected chi connectivity index (χ1v) is 7.16. The zero-order valence-electron chi connectivity index (χ0n) is 12.7. The number of aromatic nitrogens is 1. The zero-order valence-corrected chi connectivity index (χ0v) is 12.7. The molecule has 0 atom stereocenters. The topological polar surface area (TPSA) is 55.6 Å². The fourth-order valence-corrected chi connectivity index (χ4v) is 2.27. The van der Waals surface area contributed by atoms with Crippen LogP contribution in [0.2, 0.25) is 0 Å². The number of furan rings is 1. The van der Waals surface area contributed by atoms with Crippen molar-refractivity contribution in [3.8, 4) is 5.75 Å². The van der Waals surface area contributed by atoms with E-state index in [0.717, 1.165) is 11.3 Å². The molecule has 5 heteroatoms. The third-order valence-corrected chi connectivity index (χ3v) is 3.41. The highest BCUT2D eigenvalue weighted by atomic mass is 16.5. The summed E-state index contributed by atoms with van der Waals surface area (Å²) >= 11 is 0. The molecular formula is C18H16N2O3. The molecule has 0 aliphatic heterocycles. The molecule has 0 saturated carbocycles. The van der Waals surface area contributed by atoms with Gasteiger partial charge >= 0.3 is 0 Å². The van der Waals surface area contributed by atoms with Crippen LogP contribution in [0.5, 0.6) is 5.75 Å². The van der Waals surface area contributed by atoms with Crippen molar-refractivity contribution in [2.75, 3.05) is 12.0 Å². The third kappa shape index (κ3) is 3.40. The van der Waals surface area contributed by atoms with Gasteiger partial charge in [0.05, 0.1) is 19.9 Å². The number of anilines is 1. The lowest BCUT2D eigenvalue weighted by Gasteiger charge is -2.22. The zero-order chi connectivity index (χ0) is 16.1. The van der Waals surface area contributed by atoms with Gasteiger partial charge in [-0.05, 0) is 35.9 Å². The Balaban J connectivity index is 1.97. The molecule has 0 aliphatic rings. The first-order valence-electron chi connectivity index (χ1n) is 7.16. The van der Waals surface area contributed by atoms with Crippen molar-refractivity contribution in [1.82, 2.24) is 4.98 Å². The number of ether oxygens (including phenoxy) is 1. The molecule has 1 amide bonds. The average Bonchev–Trinajstić information content (AvgIpc) is 3.15. The Bertz CT molecular complexity index is 770. The molecular weight excluding hydrogens is 292 g/mol. The molecule has 5 nitrogen and oxygen atoms in total. The molecule has 2 heterocycles. The molecule has 0 unspecified atom stereocenters. The number of nitrogens with zero attached hydrogens (tertiary/aromatic N) is 2. The van der Waals surface area contributed by atoms with Gasteiger partial charge in [0.2, 0.25) is 0 Å². The van der Waals surface area contributed by atoms with Crippen LogP contribution in [0.25, 0.3) is 0 Å². The summed E-state index contributed by atoms with van der Waals surface area (Å²) < 4.78 is 10.5. The van der Waals surface area contributed by atoms with E-state index in [1.807, 2.05) is 36.4 Å². The highest BCUT2D eigenvalue weighted by Crippen LogP contribution is 2.24. The smallest absolute Gasteiger partial charge is 0.294 e. The summed E-state index contributed by atoms with van der Waals surface area (Å²) in [6.45, 7) is 0.389. The number of hydrogen-bond acceptors (Lipinski definition) is 4. The van der Waals surface area contributed by atoms with Gasteiger partial charge in [0.15, 0.2) is 5.76 Å². The Morgan fingerprint density at radius 3 is 2.83 bits per heavy atom. The van der Waals surface area contributed by atoms with E-state index in [1.54, 1.807) is 36.5 Å². The van der Waals surface area contributed by atoms with E-state index in [2.05, 4.69) is 4.98 Å².